The maximum Gasteiger partial charge on any atom is 0.227 e. The van der Waals surface area contributed by atoms with Gasteiger partial charge >= 0.3 is 0 Å². The van der Waals surface area contributed by atoms with Gasteiger partial charge in [-0.15, -0.1) is 0 Å². The molecule has 2 N–H and O–H groups in total. The van der Waals surface area contributed by atoms with Gasteiger partial charge in [0.2, 0.25) is 5.91 Å². The number of hydrogen-bond donors (Lipinski definition) is 1. The molecule has 1 atom stereocenters. The van der Waals surface area contributed by atoms with E-state index in [-0.39, 0.29) is 11.3 Å². The van der Waals surface area contributed by atoms with Gasteiger partial charge in [-0.25, -0.2) is 0 Å². The Labute approximate surface area is 115 Å². The number of nitrogens with zero attached hydrogens (tertiary/aromatic N) is 1. The smallest absolute Gasteiger partial charge is 0.227 e. The van der Waals surface area contributed by atoms with Crippen LogP contribution in [0.1, 0.15) is 32.8 Å². The number of rotatable bonds is 2. The fourth-order valence-corrected chi connectivity index (χ4v) is 2.66. The van der Waals surface area contributed by atoms with Crippen LogP contribution in [-0.4, -0.2) is 23.9 Å². The van der Waals surface area contributed by atoms with E-state index in [4.69, 9.17) is 5.73 Å². The first-order valence-electron chi connectivity index (χ1n) is 6.99. The topological polar surface area (TPSA) is 46.3 Å². The predicted molar refractivity (Wildman–Crippen MR) is 78.7 cm³/mol. The van der Waals surface area contributed by atoms with E-state index in [9.17, 15) is 4.79 Å². The van der Waals surface area contributed by atoms with Crippen molar-refractivity contribution in [3.63, 3.8) is 0 Å². The first-order valence-corrected chi connectivity index (χ1v) is 6.99. The van der Waals surface area contributed by atoms with E-state index in [1.807, 2.05) is 29.2 Å². The average Bonchev–Trinajstić information content (AvgIpc) is 2.81. The van der Waals surface area contributed by atoms with Gasteiger partial charge in [0.05, 0.1) is 6.42 Å². The van der Waals surface area contributed by atoms with Gasteiger partial charge in [-0.2, -0.15) is 0 Å². The molecule has 3 heteroatoms. The van der Waals surface area contributed by atoms with Crippen LogP contribution in [0.15, 0.2) is 24.3 Å². The Morgan fingerprint density at radius 3 is 2.63 bits per heavy atom. The highest BCUT2D eigenvalue weighted by Gasteiger charge is 2.33. The third-order valence-corrected chi connectivity index (χ3v) is 4.16. The molecule has 0 aromatic heterocycles. The molecule has 1 fully saturated rings. The average molecular weight is 260 g/mol. The molecule has 1 amide bonds. The van der Waals surface area contributed by atoms with Crippen molar-refractivity contribution in [1.29, 1.82) is 0 Å². The Balaban J connectivity index is 1.97. The second kappa shape index (κ2) is 5.24. The SMILES string of the molecule is CC(C)(C)C1CCN(C(=O)Cc2ccccc2N)C1. The molecule has 1 aliphatic rings. The predicted octanol–water partition coefficient (Wildman–Crippen LogP) is 2.71. The molecule has 1 aromatic carbocycles. The molecule has 3 nitrogen and oxygen atoms in total. The normalized spacial score (nSPS) is 19.7. The van der Waals surface area contributed by atoms with Crippen molar-refractivity contribution in [2.75, 3.05) is 18.8 Å². The first kappa shape index (κ1) is 13.9. The molecule has 0 bridgehead atoms. The maximum atomic E-state index is 12.3. The largest absolute Gasteiger partial charge is 0.398 e. The van der Waals surface area contributed by atoms with Crippen molar-refractivity contribution in [2.45, 2.75) is 33.6 Å². The monoisotopic (exact) mass is 260 g/mol. The molecule has 0 radical (unpaired) electrons. The van der Waals surface area contributed by atoms with Gasteiger partial charge < -0.3 is 10.6 Å². The number of nitrogens with two attached hydrogens (primary N) is 1. The molecule has 19 heavy (non-hydrogen) atoms. The number of carbonyl (C=O) groups excluding carboxylic acids is 1. The minimum absolute atomic E-state index is 0.199. The zero-order chi connectivity index (χ0) is 14.0. The molecular formula is C16H24N2O. The van der Waals surface area contributed by atoms with Crippen LogP contribution < -0.4 is 5.73 Å². The summed E-state index contributed by atoms with van der Waals surface area (Å²) in [5, 5.41) is 0. The lowest BCUT2D eigenvalue weighted by Gasteiger charge is -2.27. The fourth-order valence-electron chi connectivity index (χ4n) is 2.66. The van der Waals surface area contributed by atoms with Crippen molar-refractivity contribution in [2.24, 2.45) is 11.3 Å². The van der Waals surface area contributed by atoms with Gasteiger partial charge in [0.25, 0.3) is 0 Å². The Morgan fingerprint density at radius 1 is 1.37 bits per heavy atom. The Morgan fingerprint density at radius 2 is 2.05 bits per heavy atom. The van der Waals surface area contributed by atoms with Crippen molar-refractivity contribution < 1.29 is 4.79 Å². The number of benzene rings is 1. The van der Waals surface area contributed by atoms with E-state index in [1.54, 1.807) is 0 Å². The number of amides is 1. The molecule has 104 valence electrons. The van der Waals surface area contributed by atoms with Gasteiger partial charge in [0.15, 0.2) is 0 Å². The highest BCUT2D eigenvalue weighted by atomic mass is 16.2. The third kappa shape index (κ3) is 3.28. The van der Waals surface area contributed by atoms with E-state index in [0.717, 1.165) is 25.1 Å². The molecule has 1 aromatic rings. The van der Waals surface area contributed by atoms with Crippen LogP contribution in [0.25, 0.3) is 0 Å². The summed E-state index contributed by atoms with van der Waals surface area (Å²) in [7, 11) is 0. The van der Waals surface area contributed by atoms with Gasteiger partial charge in [-0.05, 0) is 29.4 Å². The van der Waals surface area contributed by atoms with Crippen molar-refractivity contribution in [3.05, 3.63) is 29.8 Å². The van der Waals surface area contributed by atoms with Gasteiger partial charge in [0.1, 0.15) is 0 Å². The van der Waals surface area contributed by atoms with E-state index in [1.165, 1.54) is 0 Å². The quantitative estimate of drug-likeness (QED) is 0.831. The van der Waals surface area contributed by atoms with Crippen LogP contribution >= 0.6 is 0 Å². The summed E-state index contributed by atoms with van der Waals surface area (Å²) in [5.74, 6) is 0.800. The lowest BCUT2D eigenvalue weighted by Crippen LogP contribution is -2.32. The van der Waals surface area contributed by atoms with E-state index < -0.39 is 0 Å². The summed E-state index contributed by atoms with van der Waals surface area (Å²) >= 11 is 0. The van der Waals surface area contributed by atoms with Gasteiger partial charge in [-0.3, -0.25) is 4.79 Å². The van der Waals surface area contributed by atoms with Crippen molar-refractivity contribution in [1.82, 2.24) is 4.90 Å². The Kier molecular flexibility index (Phi) is 3.83. The number of para-hydroxylation sites is 1. The summed E-state index contributed by atoms with van der Waals surface area (Å²) in [4.78, 5) is 14.3. The Bertz CT molecular complexity index is 462. The second-order valence-corrected chi connectivity index (χ2v) is 6.57. The standard InChI is InChI=1S/C16H24N2O/c1-16(2,3)13-8-9-18(11-13)15(19)10-12-6-4-5-7-14(12)17/h4-7,13H,8-11,17H2,1-3H3. The maximum absolute atomic E-state index is 12.3. The Hall–Kier alpha value is -1.51. The van der Waals surface area contributed by atoms with E-state index >= 15 is 0 Å². The van der Waals surface area contributed by atoms with Crippen LogP contribution in [0, 0.1) is 11.3 Å². The van der Waals surface area contributed by atoms with Gasteiger partial charge in [-0.1, -0.05) is 39.0 Å². The molecule has 0 saturated carbocycles. The molecule has 0 aliphatic carbocycles. The number of likely N-dealkylation sites (tertiary alicyclic amines) is 1. The third-order valence-electron chi connectivity index (χ3n) is 4.16. The van der Waals surface area contributed by atoms with Crippen LogP contribution in [0.5, 0.6) is 0 Å². The van der Waals surface area contributed by atoms with Crippen LogP contribution in [0.3, 0.4) is 0 Å². The minimum atomic E-state index is 0.199. The first-order chi connectivity index (χ1) is 8.88. The lowest BCUT2D eigenvalue weighted by atomic mass is 9.80. The summed E-state index contributed by atoms with van der Waals surface area (Å²) in [5.41, 5.74) is 7.82. The molecule has 1 unspecified atom stereocenters. The summed E-state index contributed by atoms with van der Waals surface area (Å²) in [6.07, 6.45) is 1.53. The molecule has 1 heterocycles. The highest BCUT2D eigenvalue weighted by molar-refractivity contribution is 5.80. The number of hydrogen-bond acceptors (Lipinski definition) is 2. The number of anilines is 1. The zero-order valence-electron chi connectivity index (χ0n) is 12.1. The highest BCUT2D eigenvalue weighted by Crippen LogP contribution is 2.33. The minimum Gasteiger partial charge on any atom is -0.398 e. The molecule has 1 aliphatic heterocycles. The summed E-state index contributed by atoms with van der Waals surface area (Å²) in [6.45, 7) is 8.52. The van der Waals surface area contributed by atoms with Crippen molar-refractivity contribution >= 4 is 11.6 Å². The van der Waals surface area contributed by atoms with Crippen LogP contribution in [0.4, 0.5) is 5.69 Å². The molecule has 0 spiro atoms. The van der Waals surface area contributed by atoms with E-state index in [2.05, 4.69) is 20.8 Å². The lowest BCUT2D eigenvalue weighted by molar-refractivity contribution is -0.129. The number of nitrogen functional groups attached to an aromatic ring is 1. The molecule has 1 saturated heterocycles. The van der Waals surface area contributed by atoms with Crippen LogP contribution in [-0.2, 0) is 11.2 Å². The summed E-state index contributed by atoms with van der Waals surface area (Å²) in [6, 6.07) is 7.62. The number of carbonyl (C=O) groups is 1. The van der Waals surface area contributed by atoms with Crippen LogP contribution in [0.2, 0.25) is 0 Å². The molecule has 2 rings (SSSR count). The fraction of sp³-hybridized carbons (Fsp3) is 0.562. The second-order valence-electron chi connectivity index (χ2n) is 6.57. The van der Waals surface area contributed by atoms with E-state index in [0.29, 0.717) is 18.0 Å². The molecular weight excluding hydrogens is 236 g/mol. The van der Waals surface area contributed by atoms with Gasteiger partial charge in [0, 0.05) is 18.8 Å². The summed E-state index contributed by atoms with van der Waals surface area (Å²) < 4.78 is 0. The van der Waals surface area contributed by atoms with Crippen molar-refractivity contribution in [3.8, 4) is 0 Å². The zero-order valence-corrected chi connectivity index (χ0v) is 12.1.